The highest BCUT2D eigenvalue weighted by atomic mass is 16.4. The molecule has 11 N–H and O–H groups in total. The van der Waals surface area contributed by atoms with Gasteiger partial charge in [-0.2, -0.15) is 0 Å². The van der Waals surface area contributed by atoms with Gasteiger partial charge < -0.3 is 47.6 Å². The third-order valence-electron chi connectivity index (χ3n) is 6.32. The summed E-state index contributed by atoms with van der Waals surface area (Å²) in [5, 5.41) is 56.0. The van der Waals surface area contributed by atoms with E-state index in [9.17, 15) is 44.7 Å². The molecule has 0 spiro atoms. The Kier molecular flexibility index (Phi) is 14.2. The van der Waals surface area contributed by atoms with Crippen molar-refractivity contribution in [2.45, 2.75) is 88.4 Å². The number of carbonyl (C=O) groups excluding carboxylic acids is 3. The number of ketones is 1. The van der Waals surface area contributed by atoms with Crippen LogP contribution >= 0.6 is 0 Å². The van der Waals surface area contributed by atoms with E-state index in [1.165, 1.54) is 24.3 Å². The molecule has 0 aliphatic carbocycles. The highest BCUT2D eigenvalue weighted by Crippen LogP contribution is 2.25. The lowest BCUT2D eigenvalue weighted by atomic mass is 9.83. The first-order valence-corrected chi connectivity index (χ1v) is 12.8. The number of hydrogen-bond acceptors (Lipinski definition) is 10. The van der Waals surface area contributed by atoms with E-state index in [1.54, 1.807) is 6.07 Å². The van der Waals surface area contributed by atoms with Crippen LogP contribution in [-0.2, 0) is 19.2 Å². The molecule has 1 rings (SSSR count). The van der Waals surface area contributed by atoms with Crippen molar-refractivity contribution in [1.82, 2.24) is 10.6 Å². The minimum atomic E-state index is -2.33. The Balaban J connectivity index is 3.08. The van der Waals surface area contributed by atoms with E-state index in [-0.39, 0.29) is 17.9 Å². The van der Waals surface area contributed by atoms with Crippen LogP contribution in [0, 0.1) is 5.92 Å². The molecule has 220 valence electrons. The second-order valence-electron chi connectivity index (χ2n) is 9.97. The van der Waals surface area contributed by atoms with E-state index in [2.05, 4.69) is 10.6 Å². The monoisotopic (exact) mass is 554 g/mol. The summed E-state index contributed by atoms with van der Waals surface area (Å²) in [7, 11) is 0. The minimum Gasteiger partial charge on any atom is -0.480 e. The predicted molar refractivity (Wildman–Crippen MR) is 141 cm³/mol. The van der Waals surface area contributed by atoms with Crippen LogP contribution in [0.25, 0.3) is 0 Å². The maximum absolute atomic E-state index is 13.0. The zero-order valence-electron chi connectivity index (χ0n) is 22.4. The van der Waals surface area contributed by atoms with E-state index < -0.39 is 78.6 Å². The number of carboxylic acid groups (broad SMARTS) is 1. The molecule has 1 aromatic carbocycles. The van der Waals surface area contributed by atoms with Crippen molar-refractivity contribution < 1.29 is 44.7 Å². The first-order chi connectivity index (χ1) is 18.3. The summed E-state index contributed by atoms with van der Waals surface area (Å²) < 4.78 is 0. The summed E-state index contributed by atoms with van der Waals surface area (Å²) in [6, 6.07) is 2.35. The Morgan fingerprint density at radius 2 is 1.51 bits per heavy atom. The summed E-state index contributed by atoms with van der Waals surface area (Å²) in [5.41, 5.74) is 11.7. The van der Waals surface area contributed by atoms with Gasteiger partial charge in [0, 0.05) is 5.92 Å². The number of rotatable bonds is 17. The third-order valence-corrected chi connectivity index (χ3v) is 6.32. The van der Waals surface area contributed by atoms with Crippen LogP contribution in [0.4, 0.5) is 0 Å². The molecular weight excluding hydrogens is 512 g/mol. The summed E-state index contributed by atoms with van der Waals surface area (Å²) in [6.45, 7) is 4.55. The largest absolute Gasteiger partial charge is 0.480 e. The number of aliphatic hydroxyl groups excluding tert-OH is 4. The van der Waals surface area contributed by atoms with Crippen LogP contribution in [0.15, 0.2) is 30.3 Å². The van der Waals surface area contributed by atoms with Crippen molar-refractivity contribution in [2.24, 2.45) is 17.4 Å². The van der Waals surface area contributed by atoms with E-state index in [4.69, 9.17) is 11.5 Å². The molecule has 0 saturated heterocycles. The van der Waals surface area contributed by atoms with Crippen LogP contribution in [0.5, 0.6) is 0 Å². The molecular formula is C26H42N4O9. The molecule has 8 atom stereocenters. The molecule has 13 nitrogen and oxygen atoms in total. The van der Waals surface area contributed by atoms with Gasteiger partial charge in [-0.05, 0) is 24.3 Å². The SMILES string of the molecule is CCC[C@H](N)C(=O)N[C@@H](CC(C)C)C(=O)N[C@@H](CO)[C@@H](O)[C@@H](O)C(=O)C(O)C(c1ccccc1)[C@H](N)C(=O)O. The van der Waals surface area contributed by atoms with Crippen molar-refractivity contribution >= 4 is 23.6 Å². The van der Waals surface area contributed by atoms with Gasteiger partial charge in [0.05, 0.1) is 18.7 Å². The number of Topliss-reactive ketones (excluding diaryl/α,β-unsaturated/α-hetero) is 1. The second-order valence-corrected chi connectivity index (χ2v) is 9.97. The van der Waals surface area contributed by atoms with Gasteiger partial charge in [-0.25, -0.2) is 0 Å². The zero-order valence-corrected chi connectivity index (χ0v) is 22.4. The Labute approximate surface area is 227 Å². The van der Waals surface area contributed by atoms with Crippen LogP contribution in [0.1, 0.15) is 51.5 Å². The average Bonchev–Trinajstić information content (AvgIpc) is 2.90. The average molecular weight is 555 g/mol. The van der Waals surface area contributed by atoms with Crippen molar-refractivity contribution in [3.8, 4) is 0 Å². The van der Waals surface area contributed by atoms with Gasteiger partial charge in [-0.3, -0.25) is 19.2 Å². The predicted octanol–water partition coefficient (Wildman–Crippen LogP) is -2.03. The van der Waals surface area contributed by atoms with Gasteiger partial charge >= 0.3 is 5.97 Å². The molecule has 0 bridgehead atoms. The highest BCUT2D eigenvalue weighted by molar-refractivity contribution is 5.91. The lowest BCUT2D eigenvalue weighted by Gasteiger charge is -2.31. The number of nitrogens with one attached hydrogen (secondary N) is 2. The molecule has 2 unspecified atom stereocenters. The number of aliphatic carboxylic acids is 1. The molecule has 39 heavy (non-hydrogen) atoms. The number of benzene rings is 1. The number of nitrogens with two attached hydrogens (primary N) is 2. The second kappa shape index (κ2) is 16.2. The summed E-state index contributed by atoms with van der Waals surface area (Å²) in [4.78, 5) is 49.8. The number of hydrogen-bond donors (Lipinski definition) is 9. The van der Waals surface area contributed by atoms with Crippen molar-refractivity contribution in [1.29, 1.82) is 0 Å². The molecule has 0 aromatic heterocycles. The molecule has 13 heteroatoms. The maximum Gasteiger partial charge on any atom is 0.321 e. The first kappa shape index (κ1) is 34.1. The van der Waals surface area contributed by atoms with E-state index >= 15 is 0 Å². The fraction of sp³-hybridized carbons (Fsp3) is 0.615. The van der Waals surface area contributed by atoms with Crippen molar-refractivity contribution in [2.75, 3.05) is 6.61 Å². The Bertz CT molecular complexity index is 947. The van der Waals surface area contributed by atoms with Gasteiger partial charge in [-0.1, -0.05) is 57.5 Å². The zero-order chi connectivity index (χ0) is 29.9. The Morgan fingerprint density at radius 1 is 0.923 bits per heavy atom. The molecule has 0 radical (unpaired) electrons. The lowest BCUT2D eigenvalue weighted by Crippen LogP contribution is -2.59. The van der Waals surface area contributed by atoms with Crippen molar-refractivity contribution in [3.05, 3.63) is 35.9 Å². The molecule has 0 saturated carbocycles. The van der Waals surface area contributed by atoms with Gasteiger partial charge in [-0.15, -0.1) is 0 Å². The van der Waals surface area contributed by atoms with Gasteiger partial charge in [0.2, 0.25) is 11.8 Å². The normalized spacial score (nSPS) is 17.7. The smallest absolute Gasteiger partial charge is 0.321 e. The third kappa shape index (κ3) is 9.95. The number of aliphatic hydroxyl groups is 4. The van der Waals surface area contributed by atoms with Crippen molar-refractivity contribution in [3.63, 3.8) is 0 Å². The fourth-order valence-electron chi connectivity index (χ4n) is 4.10. The number of carboxylic acids is 1. The molecule has 0 fully saturated rings. The number of carbonyl (C=O) groups is 4. The van der Waals surface area contributed by atoms with E-state index in [0.29, 0.717) is 12.8 Å². The standard InChI is InChI=1S/C26H42N4O9/c1-4-8-15(27)24(36)29-16(11-13(2)3)25(37)30-17(12-31)20(32)22(34)23(35)21(33)18(19(28)26(38)39)14-9-6-5-7-10-14/h5-7,9-10,13,15-22,31-34H,4,8,11-12,27-28H2,1-3H3,(H,29,36)(H,30,37)(H,38,39)/t15-,16-,17-,18?,19-,20+,21?,22+/m0/s1. The lowest BCUT2D eigenvalue weighted by molar-refractivity contribution is -0.148. The molecule has 0 aliphatic rings. The Morgan fingerprint density at radius 3 is 2.00 bits per heavy atom. The molecule has 0 heterocycles. The minimum absolute atomic E-state index is 0.0448. The van der Waals surface area contributed by atoms with E-state index in [0.717, 1.165) is 0 Å². The molecule has 1 aromatic rings. The van der Waals surface area contributed by atoms with Crippen LogP contribution in [-0.4, -0.2) is 98.2 Å². The van der Waals surface area contributed by atoms with E-state index in [1.807, 2.05) is 20.8 Å². The highest BCUT2D eigenvalue weighted by Gasteiger charge is 2.42. The fourth-order valence-corrected chi connectivity index (χ4v) is 4.10. The van der Waals surface area contributed by atoms with Crippen LogP contribution < -0.4 is 22.1 Å². The summed E-state index contributed by atoms with van der Waals surface area (Å²) in [6.07, 6.45) is -5.35. The first-order valence-electron chi connectivity index (χ1n) is 12.8. The number of amides is 2. The van der Waals surface area contributed by atoms with Crippen LogP contribution in [0.3, 0.4) is 0 Å². The quantitative estimate of drug-likeness (QED) is 0.102. The topological polar surface area (TPSA) is 246 Å². The van der Waals surface area contributed by atoms with Gasteiger partial charge in [0.15, 0.2) is 5.78 Å². The maximum atomic E-state index is 13.0. The molecule has 0 aliphatic heterocycles. The summed E-state index contributed by atoms with van der Waals surface area (Å²) >= 11 is 0. The summed E-state index contributed by atoms with van der Waals surface area (Å²) in [5.74, 6) is -5.75. The van der Waals surface area contributed by atoms with Crippen LogP contribution in [0.2, 0.25) is 0 Å². The van der Waals surface area contributed by atoms with Gasteiger partial charge in [0.1, 0.15) is 30.4 Å². The van der Waals surface area contributed by atoms with Gasteiger partial charge in [0.25, 0.3) is 0 Å². The Hall–Kier alpha value is -2.94. The molecule has 2 amide bonds.